The number of alkyl halides is 3. The minimum absolute atomic E-state index is 0.0493. The molecule has 0 atom stereocenters. The summed E-state index contributed by atoms with van der Waals surface area (Å²) < 4.78 is 38.0. The van der Waals surface area contributed by atoms with Crippen LogP contribution in [-0.4, -0.2) is 49.9 Å². The molecule has 128 valence electrons. The average molecular weight is 340 g/mol. The van der Waals surface area contributed by atoms with Crippen LogP contribution in [0, 0.1) is 0 Å². The van der Waals surface area contributed by atoms with Crippen molar-refractivity contribution in [2.75, 3.05) is 18.4 Å². The van der Waals surface area contributed by atoms with E-state index in [0.29, 0.717) is 31.6 Å². The van der Waals surface area contributed by atoms with E-state index in [4.69, 9.17) is 0 Å². The summed E-state index contributed by atoms with van der Waals surface area (Å²) in [6.45, 7) is 1.01. The Kier molecular flexibility index (Phi) is 4.36. The van der Waals surface area contributed by atoms with Gasteiger partial charge in [0.1, 0.15) is 23.5 Å². The molecule has 2 aromatic rings. The molecule has 0 aromatic carbocycles. The van der Waals surface area contributed by atoms with Gasteiger partial charge < -0.3 is 15.2 Å². The molecule has 0 bridgehead atoms. The van der Waals surface area contributed by atoms with Gasteiger partial charge in [0.2, 0.25) is 0 Å². The largest absolute Gasteiger partial charge is 0.433 e. The smallest absolute Gasteiger partial charge is 0.367 e. The highest BCUT2D eigenvalue weighted by Gasteiger charge is 2.33. The molecule has 0 spiro atoms. The molecular weight excluding hydrogens is 325 g/mol. The summed E-state index contributed by atoms with van der Waals surface area (Å²) in [5.41, 5.74) is -0.557. The van der Waals surface area contributed by atoms with Gasteiger partial charge in [0.15, 0.2) is 0 Å². The number of imidazole rings is 1. The molecule has 2 aromatic heterocycles. The minimum atomic E-state index is -4.50. The molecule has 3 heterocycles. The Morgan fingerprint density at radius 1 is 1.29 bits per heavy atom. The number of aromatic nitrogens is 4. The number of carbonyl (C=O) groups is 1. The Morgan fingerprint density at radius 3 is 2.67 bits per heavy atom. The van der Waals surface area contributed by atoms with Crippen LogP contribution in [0.5, 0.6) is 0 Å². The van der Waals surface area contributed by atoms with Gasteiger partial charge in [-0.2, -0.15) is 13.2 Å². The zero-order chi connectivity index (χ0) is 17.2. The van der Waals surface area contributed by atoms with Crippen LogP contribution >= 0.6 is 0 Å². The summed E-state index contributed by atoms with van der Waals surface area (Å²) in [4.78, 5) is 27.5. The van der Waals surface area contributed by atoms with Gasteiger partial charge in [-0.15, -0.1) is 0 Å². The van der Waals surface area contributed by atoms with Gasteiger partial charge in [0.05, 0.1) is 12.5 Å². The van der Waals surface area contributed by atoms with E-state index in [0.717, 1.165) is 12.4 Å². The minimum Gasteiger partial charge on any atom is -0.367 e. The summed E-state index contributed by atoms with van der Waals surface area (Å²) in [5.74, 6) is 0.00279. The van der Waals surface area contributed by atoms with Gasteiger partial charge in [-0.3, -0.25) is 4.79 Å². The number of hydrogen-bond acceptors (Lipinski definition) is 5. The number of H-pyrrole nitrogens is 1. The lowest BCUT2D eigenvalue weighted by Gasteiger charge is -2.32. The molecule has 7 nitrogen and oxygen atoms in total. The highest BCUT2D eigenvalue weighted by molar-refractivity contribution is 5.92. The number of likely N-dealkylation sites (tertiary alicyclic amines) is 1. The number of amides is 1. The molecule has 10 heteroatoms. The van der Waals surface area contributed by atoms with Crippen LogP contribution in [0.3, 0.4) is 0 Å². The first-order chi connectivity index (χ1) is 11.4. The molecule has 0 aliphatic carbocycles. The van der Waals surface area contributed by atoms with E-state index in [9.17, 15) is 18.0 Å². The molecule has 0 unspecified atom stereocenters. The fourth-order valence-electron chi connectivity index (χ4n) is 2.57. The van der Waals surface area contributed by atoms with E-state index >= 15 is 0 Å². The van der Waals surface area contributed by atoms with Gasteiger partial charge in [-0.25, -0.2) is 15.0 Å². The highest BCUT2D eigenvalue weighted by atomic mass is 19.4. The Labute approximate surface area is 135 Å². The average Bonchev–Trinajstić information content (AvgIpc) is 3.09. The van der Waals surface area contributed by atoms with Crippen molar-refractivity contribution in [3.05, 3.63) is 36.3 Å². The lowest BCUT2D eigenvalue weighted by Crippen LogP contribution is -2.42. The highest BCUT2D eigenvalue weighted by Crippen LogP contribution is 2.28. The molecule has 3 rings (SSSR count). The van der Waals surface area contributed by atoms with Crippen molar-refractivity contribution in [1.29, 1.82) is 0 Å². The summed E-state index contributed by atoms with van der Waals surface area (Å²) in [7, 11) is 0. The van der Waals surface area contributed by atoms with Gasteiger partial charge in [0, 0.05) is 25.2 Å². The predicted molar refractivity (Wildman–Crippen MR) is 78.2 cm³/mol. The molecule has 1 amide bonds. The van der Waals surface area contributed by atoms with E-state index < -0.39 is 11.9 Å². The number of anilines is 1. The third-order valence-electron chi connectivity index (χ3n) is 3.82. The second-order valence-corrected chi connectivity index (χ2v) is 5.46. The molecule has 1 aliphatic rings. The number of piperidine rings is 1. The fourth-order valence-corrected chi connectivity index (χ4v) is 2.57. The Hall–Kier alpha value is -2.65. The molecule has 1 fully saturated rings. The standard InChI is InChI=1S/C14H15F3N6O/c15-14(16,17)11-5-12(21-8-20-11)22-9-1-3-23(4-2-9)13(24)10-6-18-7-19-10/h5-9H,1-4H2,(H,18,19)(H,20,21,22). The maximum atomic E-state index is 12.7. The van der Waals surface area contributed by atoms with Gasteiger partial charge in [0.25, 0.3) is 5.91 Å². The molecule has 24 heavy (non-hydrogen) atoms. The molecular formula is C14H15F3N6O. The number of rotatable bonds is 3. The first kappa shape index (κ1) is 16.2. The van der Waals surface area contributed by atoms with E-state index in [1.807, 2.05) is 0 Å². The van der Waals surface area contributed by atoms with Crippen molar-refractivity contribution >= 4 is 11.7 Å². The lowest BCUT2D eigenvalue weighted by atomic mass is 10.0. The molecule has 0 saturated carbocycles. The van der Waals surface area contributed by atoms with Crippen molar-refractivity contribution < 1.29 is 18.0 Å². The molecule has 1 aliphatic heterocycles. The molecule has 2 N–H and O–H groups in total. The quantitative estimate of drug-likeness (QED) is 0.892. The van der Waals surface area contributed by atoms with Crippen molar-refractivity contribution in [3.8, 4) is 0 Å². The van der Waals surface area contributed by atoms with Crippen molar-refractivity contribution in [1.82, 2.24) is 24.8 Å². The third kappa shape index (κ3) is 3.63. The van der Waals surface area contributed by atoms with Crippen LogP contribution in [0.4, 0.5) is 19.0 Å². The fraction of sp³-hybridized carbons (Fsp3) is 0.429. The Balaban J connectivity index is 1.57. The van der Waals surface area contributed by atoms with Gasteiger partial charge in [-0.05, 0) is 12.8 Å². The van der Waals surface area contributed by atoms with E-state index in [2.05, 4.69) is 25.3 Å². The maximum Gasteiger partial charge on any atom is 0.433 e. The Morgan fingerprint density at radius 2 is 2.04 bits per heavy atom. The second-order valence-electron chi connectivity index (χ2n) is 5.46. The predicted octanol–water partition coefficient (Wildman–Crippen LogP) is 1.94. The number of nitrogens with zero attached hydrogens (tertiary/aromatic N) is 4. The van der Waals surface area contributed by atoms with E-state index in [-0.39, 0.29) is 17.8 Å². The van der Waals surface area contributed by atoms with Crippen molar-refractivity contribution in [2.45, 2.75) is 25.1 Å². The van der Waals surface area contributed by atoms with Crippen molar-refractivity contribution in [2.24, 2.45) is 0 Å². The summed E-state index contributed by atoms with van der Waals surface area (Å²) in [6, 6.07) is 0.842. The topological polar surface area (TPSA) is 86.8 Å². The number of nitrogens with one attached hydrogen (secondary N) is 2. The third-order valence-corrected chi connectivity index (χ3v) is 3.82. The number of halogens is 3. The van der Waals surface area contributed by atoms with Crippen LogP contribution in [0.15, 0.2) is 24.9 Å². The molecule has 1 saturated heterocycles. The first-order valence-corrected chi connectivity index (χ1v) is 7.37. The lowest BCUT2D eigenvalue weighted by molar-refractivity contribution is -0.141. The Bertz CT molecular complexity index is 695. The normalized spacial score (nSPS) is 16.2. The van der Waals surface area contributed by atoms with Crippen LogP contribution in [0.25, 0.3) is 0 Å². The van der Waals surface area contributed by atoms with Crippen LogP contribution in [0.1, 0.15) is 29.0 Å². The number of aromatic amines is 1. The monoisotopic (exact) mass is 340 g/mol. The van der Waals surface area contributed by atoms with Crippen molar-refractivity contribution in [3.63, 3.8) is 0 Å². The second kappa shape index (κ2) is 6.46. The summed E-state index contributed by atoms with van der Waals surface area (Å²) in [6.07, 6.45) is 0.527. The maximum absolute atomic E-state index is 12.7. The summed E-state index contributed by atoms with van der Waals surface area (Å²) >= 11 is 0. The zero-order valence-electron chi connectivity index (χ0n) is 12.5. The van der Waals surface area contributed by atoms with Crippen LogP contribution in [-0.2, 0) is 6.18 Å². The van der Waals surface area contributed by atoms with E-state index in [1.165, 1.54) is 12.5 Å². The number of hydrogen-bond donors (Lipinski definition) is 2. The molecule has 0 radical (unpaired) electrons. The first-order valence-electron chi connectivity index (χ1n) is 7.37. The SMILES string of the molecule is O=C(c1cnc[nH]1)N1CCC(Nc2cc(C(F)(F)F)ncn2)CC1. The van der Waals surface area contributed by atoms with Gasteiger partial charge >= 0.3 is 6.18 Å². The van der Waals surface area contributed by atoms with Crippen LogP contribution in [0.2, 0.25) is 0 Å². The van der Waals surface area contributed by atoms with E-state index in [1.54, 1.807) is 4.90 Å². The zero-order valence-corrected chi connectivity index (χ0v) is 12.5. The number of carbonyl (C=O) groups excluding carboxylic acids is 1. The van der Waals surface area contributed by atoms with Gasteiger partial charge in [-0.1, -0.05) is 0 Å². The van der Waals surface area contributed by atoms with Crippen LogP contribution < -0.4 is 5.32 Å². The summed E-state index contributed by atoms with van der Waals surface area (Å²) in [5, 5.41) is 2.98.